The third-order valence-electron chi connectivity index (χ3n) is 3.39. The van der Waals surface area contributed by atoms with Gasteiger partial charge in [0, 0.05) is 24.3 Å². The minimum Gasteiger partial charge on any atom is -0.326 e. The van der Waals surface area contributed by atoms with Gasteiger partial charge in [0.25, 0.3) is 0 Å². The van der Waals surface area contributed by atoms with Crippen molar-refractivity contribution in [3.8, 4) is 0 Å². The lowest BCUT2D eigenvalue weighted by molar-refractivity contribution is -0.119. The van der Waals surface area contributed by atoms with E-state index in [1.165, 1.54) is 0 Å². The average Bonchev–Trinajstić information content (AvgIpc) is 2.59. The van der Waals surface area contributed by atoms with Crippen LogP contribution in [0.25, 0.3) is 0 Å². The maximum absolute atomic E-state index is 11.8. The largest absolute Gasteiger partial charge is 0.326 e. The van der Waals surface area contributed by atoms with Gasteiger partial charge in [0.05, 0.1) is 5.41 Å². The molecule has 1 aromatic rings. The molecule has 0 saturated heterocycles. The van der Waals surface area contributed by atoms with Crippen molar-refractivity contribution in [1.82, 2.24) is 5.32 Å². The second-order valence-corrected chi connectivity index (χ2v) is 5.24. The lowest BCUT2D eigenvalue weighted by atomic mass is 9.86. The molecular weight excluding hydrogens is 242 g/mol. The van der Waals surface area contributed by atoms with E-state index in [0.29, 0.717) is 13.0 Å². The summed E-state index contributed by atoms with van der Waals surface area (Å²) in [7, 11) is 1.81. The number of nitrogens with one attached hydrogen (secondary N) is 3. The molecule has 0 saturated carbocycles. The Hall–Kier alpha value is -1.88. The highest BCUT2D eigenvalue weighted by Gasteiger charge is 2.38. The second kappa shape index (κ2) is 5.01. The van der Waals surface area contributed by atoms with E-state index in [1.54, 1.807) is 6.07 Å². The van der Waals surface area contributed by atoms with Crippen LogP contribution in [0.3, 0.4) is 0 Å². The molecule has 0 spiro atoms. The summed E-state index contributed by atoms with van der Waals surface area (Å²) >= 11 is 0. The Morgan fingerprint density at radius 1 is 1.37 bits per heavy atom. The summed E-state index contributed by atoms with van der Waals surface area (Å²) in [6.45, 7) is 4.39. The van der Waals surface area contributed by atoms with Crippen LogP contribution < -0.4 is 16.0 Å². The zero-order valence-corrected chi connectivity index (χ0v) is 11.5. The van der Waals surface area contributed by atoms with Crippen LogP contribution in [-0.2, 0) is 15.0 Å². The lowest BCUT2D eigenvalue weighted by Crippen LogP contribution is -2.27. The molecule has 0 aromatic heterocycles. The van der Waals surface area contributed by atoms with E-state index in [2.05, 4.69) is 16.0 Å². The molecule has 1 aromatic carbocycles. The van der Waals surface area contributed by atoms with Crippen LogP contribution in [0.4, 0.5) is 11.4 Å². The highest BCUT2D eigenvalue weighted by molar-refractivity contribution is 6.06. The monoisotopic (exact) mass is 261 g/mol. The highest BCUT2D eigenvalue weighted by atomic mass is 16.2. The Kier molecular flexibility index (Phi) is 3.57. The minimum absolute atomic E-state index is 0.0128. The van der Waals surface area contributed by atoms with Crippen molar-refractivity contribution in [2.24, 2.45) is 0 Å². The van der Waals surface area contributed by atoms with Gasteiger partial charge in [0.1, 0.15) is 0 Å². The van der Waals surface area contributed by atoms with E-state index >= 15 is 0 Å². The van der Waals surface area contributed by atoms with Gasteiger partial charge in [0.15, 0.2) is 0 Å². The Labute approximate surface area is 112 Å². The van der Waals surface area contributed by atoms with Crippen LogP contribution in [0, 0.1) is 0 Å². The van der Waals surface area contributed by atoms with Crippen LogP contribution in [-0.4, -0.2) is 25.4 Å². The van der Waals surface area contributed by atoms with E-state index < -0.39 is 5.41 Å². The van der Waals surface area contributed by atoms with Gasteiger partial charge in [-0.1, -0.05) is 0 Å². The number of amides is 2. The van der Waals surface area contributed by atoms with Gasteiger partial charge >= 0.3 is 0 Å². The molecule has 5 heteroatoms. The zero-order valence-electron chi connectivity index (χ0n) is 11.5. The highest BCUT2D eigenvalue weighted by Crippen LogP contribution is 2.38. The standard InChI is InChI=1S/C14H19N3O2/c1-14(2)10-8-9(16-12(18)6-7-15-3)4-5-11(10)17-13(14)19/h4-5,8,15H,6-7H2,1-3H3,(H,16,18)(H,17,19). The van der Waals surface area contributed by atoms with Gasteiger partial charge in [-0.25, -0.2) is 0 Å². The summed E-state index contributed by atoms with van der Waals surface area (Å²) in [5.74, 6) is -0.0504. The Morgan fingerprint density at radius 3 is 2.79 bits per heavy atom. The van der Waals surface area contributed by atoms with Crippen molar-refractivity contribution < 1.29 is 9.59 Å². The molecule has 0 fully saturated rings. The molecule has 1 heterocycles. The topological polar surface area (TPSA) is 70.2 Å². The number of hydrogen-bond acceptors (Lipinski definition) is 3. The number of benzene rings is 1. The Balaban J connectivity index is 2.16. The first-order valence-electron chi connectivity index (χ1n) is 6.35. The van der Waals surface area contributed by atoms with Gasteiger partial charge in [0.2, 0.25) is 11.8 Å². The third kappa shape index (κ3) is 2.61. The van der Waals surface area contributed by atoms with Gasteiger partial charge in [-0.15, -0.1) is 0 Å². The summed E-state index contributed by atoms with van der Waals surface area (Å²) in [4.78, 5) is 23.5. The van der Waals surface area contributed by atoms with Crippen molar-refractivity contribution in [2.75, 3.05) is 24.2 Å². The number of carbonyl (C=O) groups excluding carboxylic acids is 2. The van der Waals surface area contributed by atoms with Crippen molar-refractivity contribution in [2.45, 2.75) is 25.7 Å². The fourth-order valence-electron chi connectivity index (χ4n) is 2.11. The van der Waals surface area contributed by atoms with Crippen molar-refractivity contribution in [3.63, 3.8) is 0 Å². The molecule has 19 heavy (non-hydrogen) atoms. The van der Waals surface area contributed by atoms with Gasteiger partial charge in [-0.05, 0) is 44.7 Å². The molecule has 1 aliphatic rings. The maximum Gasteiger partial charge on any atom is 0.234 e. The predicted octanol–water partition coefficient (Wildman–Crippen LogP) is 1.46. The minimum atomic E-state index is -0.555. The summed E-state index contributed by atoms with van der Waals surface area (Å²) in [5, 5.41) is 8.61. The molecule has 5 nitrogen and oxygen atoms in total. The number of hydrogen-bond donors (Lipinski definition) is 3. The van der Waals surface area contributed by atoms with Crippen molar-refractivity contribution in [1.29, 1.82) is 0 Å². The molecular formula is C14H19N3O2. The van der Waals surface area contributed by atoms with Crippen LogP contribution in [0.1, 0.15) is 25.8 Å². The van der Waals surface area contributed by atoms with Crippen molar-refractivity contribution in [3.05, 3.63) is 23.8 Å². The first-order valence-corrected chi connectivity index (χ1v) is 6.35. The molecule has 0 bridgehead atoms. The first-order chi connectivity index (χ1) is 8.95. The molecule has 3 N–H and O–H groups in total. The Bertz CT molecular complexity index is 523. The molecule has 2 rings (SSSR count). The number of carbonyl (C=O) groups is 2. The molecule has 0 radical (unpaired) electrons. The van der Waals surface area contributed by atoms with E-state index in [9.17, 15) is 9.59 Å². The van der Waals surface area contributed by atoms with Crippen molar-refractivity contribution >= 4 is 23.2 Å². The van der Waals surface area contributed by atoms with Gasteiger partial charge < -0.3 is 16.0 Å². The fourth-order valence-corrected chi connectivity index (χ4v) is 2.11. The SMILES string of the molecule is CNCCC(=O)Nc1ccc2c(c1)C(C)(C)C(=O)N2. The summed E-state index contributed by atoms with van der Waals surface area (Å²) in [6.07, 6.45) is 0.425. The van der Waals surface area contributed by atoms with Crippen LogP contribution >= 0.6 is 0 Å². The molecule has 0 unspecified atom stereocenters. The number of anilines is 2. The fraction of sp³-hybridized carbons (Fsp3) is 0.429. The molecule has 102 valence electrons. The molecule has 2 amide bonds. The van der Waals surface area contributed by atoms with E-state index in [-0.39, 0.29) is 11.8 Å². The molecule has 0 atom stereocenters. The molecule has 0 aliphatic carbocycles. The van der Waals surface area contributed by atoms with E-state index in [1.807, 2.05) is 33.0 Å². The van der Waals surface area contributed by atoms with E-state index in [4.69, 9.17) is 0 Å². The van der Waals surface area contributed by atoms with Gasteiger partial charge in [-0.2, -0.15) is 0 Å². The summed E-state index contributed by atoms with van der Waals surface area (Å²) in [6, 6.07) is 5.50. The smallest absolute Gasteiger partial charge is 0.234 e. The third-order valence-corrected chi connectivity index (χ3v) is 3.39. The van der Waals surface area contributed by atoms with Crippen LogP contribution in [0.2, 0.25) is 0 Å². The van der Waals surface area contributed by atoms with E-state index in [0.717, 1.165) is 16.9 Å². The maximum atomic E-state index is 11.8. The quantitative estimate of drug-likeness (QED) is 0.768. The molecule has 1 aliphatic heterocycles. The summed E-state index contributed by atoms with van der Waals surface area (Å²) in [5.41, 5.74) is 1.91. The lowest BCUT2D eigenvalue weighted by Gasteiger charge is -2.16. The number of rotatable bonds is 4. The predicted molar refractivity (Wildman–Crippen MR) is 75.3 cm³/mol. The number of fused-ring (bicyclic) bond motifs is 1. The normalized spacial score (nSPS) is 15.8. The first kappa shape index (κ1) is 13.5. The average molecular weight is 261 g/mol. The Morgan fingerprint density at radius 2 is 2.11 bits per heavy atom. The van der Waals surface area contributed by atoms with Gasteiger partial charge in [-0.3, -0.25) is 9.59 Å². The summed E-state index contributed by atoms with van der Waals surface area (Å²) < 4.78 is 0. The zero-order chi connectivity index (χ0) is 14.0. The van der Waals surface area contributed by atoms with Crippen LogP contribution in [0.5, 0.6) is 0 Å². The second-order valence-electron chi connectivity index (χ2n) is 5.24. The van der Waals surface area contributed by atoms with Crippen LogP contribution in [0.15, 0.2) is 18.2 Å².